The summed E-state index contributed by atoms with van der Waals surface area (Å²) in [7, 11) is 1.29. The zero-order valence-electron chi connectivity index (χ0n) is 17.9. The molecule has 4 aromatic rings. The number of hydrogen-bond donors (Lipinski definition) is 1. The molecule has 1 amide bonds. The highest BCUT2D eigenvalue weighted by Gasteiger charge is 2.15. The van der Waals surface area contributed by atoms with Gasteiger partial charge in [0.05, 0.1) is 18.4 Å². The summed E-state index contributed by atoms with van der Waals surface area (Å²) in [5.41, 5.74) is 1.02. The first-order valence-corrected chi connectivity index (χ1v) is 11.2. The van der Waals surface area contributed by atoms with Gasteiger partial charge in [-0.05, 0) is 60.7 Å². The summed E-state index contributed by atoms with van der Waals surface area (Å²) >= 11 is 7.35. The number of anilines is 1. The minimum Gasteiger partial charge on any atom is -0.465 e. The van der Waals surface area contributed by atoms with Crippen LogP contribution in [0.2, 0.25) is 5.02 Å². The SMILES string of the molecule is COC(=O)c1ccccc1NC(=O)c1ccc(Oc2nccnc2Sc2ccc(Cl)cc2)cc1. The van der Waals surface area contributed by atoms with Crippen LogP contribution in [-0.2, 0) is 4.74 Å². The van der Waals surface area contributed by atoms with Crippen LogP contribution in [0.1, 0.15) is 20.7 Å². The van der Waals surface area contributed by atoms with Gasteiger partial charge < -0.3 is 14.8 Å². The van der Waals surface area contributed by atoms with E-state index < -0.39 is 5.97 Å². The molecule has 1 aromatic heterocycles. The molecule has 1 heterocycles. The van der Waals surface area contributed by atoms with Crippen molar-refractivity contribution in [3.63, 3.8) is 0 Å². The van der Waals surface area contributed by atoms with Crippen LogP contribution in [0.25, 0.3) is 0 Å². The predicted molar refractivity (Wildman–Crippen MR) is 130 cm³/mol. The molecule has 7 nitrogen and oxygen atoms in total. The summed E-state index contributed by atoms with van der Waals surface area (Å²) in [6.07, 6.45) is 3.13. The van der Waals surface area contributed by atoms with Crippen molar-refractivity contribution in [1.29, 1.82) is 0 Å². The number of rotatable bonds is 7. The van der Waals surface area contributed by atoms with Gasteiger partial charge in [-0.3, -0.25) is 4.79 Å². The Balaban J connectivity index is 1.46. The second-order valence-corrected chi connectivity index (χ2v) is 8.34. The zero-order chi connectivity index (χ0) is 23.9. The second-order valence-electron chi connectivity index (χ2n) is 6.84. The molecule has 0 saturated carbocycles. The van der Waals surface area contributed by atoms with Crippen LogP contribution in [0.3, 0.4) is 0 Å². The van der Waals surface area contributed by atoms with Crippen molar-refractivity contribution in [2.45, 2.75) is 9.92 Å². The van der Waals surface area contributed by atoms with Gasteiger partial charge in [0, 0.05) is 27.9 Å². The lowest BCUT2D eigenvalue weighted by Crippen LogP contribution is -2.15. The van der Waals surface area contributed by atoms with Crippen LogP contribution in [-0.4, -0.2) is 29.0 Å². The number of para-hydroxylation sites is 1. The van der Waals surface area contributed by atoms with Crippen LogP contribution >= 0.6 is 23.4 Å². The molecule has 0 bridgehead atoms. The quantitative estimate of drug-likeness (QED) is 0.312. The highest BCUT2D eigenvalue weighted by molar-refractivity contribution is 7.99. The molecule has 9 heteroatoms. The molecule has 0 unspecified atom stereocenters. The van der Waals surface area contributed by atoms with E-state index in [2.05, 4.69) is 15.3 Å². The number of aromatic nitrogens is 2. The second kappa shape index (κ2) is 10.8. The molecule has 0 radical (unpaired) electrons. The van der Waals surface area contributed by atoms with E-state index in [1.165, 1.54) is 18.9 Å². The Labute approximate surface area is 205 Å². The van der Waals surface area contributed by atoms with Gasteiger partial charge in [-0.2, -0.15) is 0 Å². The number of amides is 1. The lowest BCUT2D eigenvalue weighted by Gasteiger charge is -2.11. The summed E-state index contributed by atoms with van der Waals surface area (Å²) in [6, 6.07) is 20.6. The van der Waals surface area contributed by atoms with Gasteiger partial charge in [-0.25, -0.2) is 14.8 Å². The van der Waals surface area contributed by atoms with Crippen LogP contribution in [0.5, 0.6) is 11.6 Å². The molecule has 0 aliphatic rings. The Morgan fingerprint density at radius 3 is 2.35 bits per heavy atom. The number of nitrogens with zero attached hydrogens (tertiary/aromatic N) is 2. The Hall–Kier alpha value is -3.88. The molecular weight excluding hydrogens is 474 g/mol. The zero-order valence-corrected chi connectivity index (χ0v) is 19.5. The van der Waals surface area contributed by atoms with Gasteiger partial charge in [-0.15, -0.1) is 0 Å². The Morgan fingerprint density at radius 1 is 0.912 bits per heavy atom. The lowest BCUT2D eigenvalue weighted by molar-refractivity contribution is 0.0602. The lowest BCUT2D eigenvalue weighted by atomic mass is 10.1. The fourth-order valence-electron chi connectivity index (χ4n) is 2.93. The maximum Gasteiger partial charge on any atom is 0.339 e. The highest BCUT2D eigenvalue weighted by atomic mass is 35.5. The topological polar surface area (TPSA) is 90.4 Å². The third-order valence-corrected chi connectivity index (χ3v) is 5.81. The molecule has 170 valence electrons. The molecule has 0 aliphatic carbocycles. The number of methoxy groups -OCH3 is 1. The van der Waals surface area contributed by atoms with Gasteiger partial charge in [0.1, 0.15) is 5.75 Å². The van der Waals surface area contributed by atoms with E-state index in [1.54, 1.807) is 73.1 Å². The summed E-state index contributed by atoms with van der Waals surface area (Å²) in [4.78, 5) is 34.2. The molecule has 0 spiro atoms. The third-order valence-electron chi connectivity index (χ3n) is 4.57. The van der Waals surface area contributed by atoms with E-state index >= 15 is 0 Å². The number of esters is 1. The van der Waals surface area contributed by atoms with Gasteiger partial charge in [-0.1, -0.05) is 35.5 Å². The molecule has 34 heavy (non-hydrogen) atoms. The van der Waals surface area contributed by atoms with Gasteiger partial charge in [0.2, 0.25) is 0 Å². The third kappa shape index (κ3) is 5.72. The van der Waals surface area contributed by atoms with Crippen LogP contribution in [0.15, 0.2) is 95.1 Å². The number of hydrogen-bond acceptors (Lipinski definition) is 7. The summed E-state index contributed by atoms with van der Waals surface area (Å²) in [6.45, 7) is 0. The molecule has 0 saturated heterocycles. The van der Waals surface area contributed by atoms with Crippen molar-refractivity contribution < 1.29 is 19.1 Å². The van der Waals surface area contributed by atoms with Crippen LogP contribution < -0.4 is 10.1 Å². The maximum atomic E-state index is 12.7. The monoisotopic (exact) mass is 491 g/mol. The normalized spacial score (nSPS) is 10.4. The summed E-state index contributed by atoms with van der Waals surface area (Å²) < 4.78 is 10.7. The predicted octanol–water partition coefficient (Wildman–Crippen LogP) is 6.11. The van der Waals surface area contributed by atoms with E-state index in [1.807, 2.05) is 12.1 Å². The average molecular weight is 492 g/mol. The summed E-state index contributed by atoms with van der Waals surface area (Å²) in [5, 5.41) is 3.98. The van der Waals surface area contributed by atoms with Crippen molar-refractivity contribution in [2.24, 2.45) is 0 Å². The minimum absolute atomic E-state index is 0.270. The molecular formula is C25H18ClN3O4S. The fraction of sp³-hybridized carbons (Fsp3) is 0.0400. The van der Waals surface area contributed by atoms with Gasteiger partial charge in [0.25, 0.3) is 11.8 Å². The summed E-state index contributed by atoms with van der Waals surface area (Å²) in [5.74, 6) is -0.0751. The van der Waals surface area contributed by atoms with Crippen molar-refractivity contribution >= 4 is 40.9 Å². The van der Waals surface area contributed by atoms with E-state index in [-0.39, 0.29) is 11.5 Å². The molecule has 0 fully saturated rings. The van der Waals surface area contributed by atoms with Gasteiger partial charge in [0.15, 0.2) is 5.03 Å². The molecule has 0 atom stereocenters. The number of benzene rings is 3. The molecule has 1 N–H and O–H groups in total. The first kappa shape index (κ1) is 23.3. The Morgan fingerprint density at radius 2 is 1.62 bits per heavy atom. The van der Waals surface area contributed by atoms with Crippen molar-refractivity contribution in [3.8, 4) is 11.6 Å². The maximum absolute atomic E-state index is 12.7. The minimum atomic E-state index is -0.532. The van der Waals surface area contributed by atoms with Crippen LogP contribution in [0.4, 0.5) is 5.69 Å². The fourth-order valence-corrected chi connectivity index (χ4v) is 3.84. The van der Waals surface area contributed by atoms with Crippen molar-refractivity contribution in [1.82, 2.24) is 9.97 Å². The number of halogens is 1. The number of carbonyl (C=O) groups excluding carboxylic acids is 2. The number of carbonyl (C=O) groups is 2. The smallest absolute Gasteiger partial charge is 0.339 e. The van der Waals surface area contributed by atoms with E-state index in [9.17, 15) is 9.59 Å². The number of nitrogens with one attached hydrogen (secondary N) is 1. The van der Waals surface area contributed by atoms with Gasteiger partial charge >= 0.3 is 5.97 Å². The molecule has 0 aliphatic heterocycles. The first-order chi connectivity index (χ1) is 16.5. The highest BCUT2D eigenvalue weighted by Crippen LogP contribution is 2.34. The molecule has 3 aromatic carbocycles. The Bertz CT molecular complexity index is 1310. The number of ether oxygens (including phenoxy) is 2. The van der Waals surface area contributed by atoms with E-state index in [0.717, 1.165) is 4.90 Å². The van der Waals surface area contributed by atoms with E-state index in [0.29, 0.717) is 32.9 Å². The van der Waals surface area contributed by atoms with Crippen molar-refractivity contribution in [3.05, 3.63) is 101 Å². The molecule has 4 rings (SSSR count). The van der Waals surface area contributed by atoms with Crippen LogP contribution in [0, 0.1) is 0 Å². The first-order valence-electron chi connectivity index (χ1n) is 10.0. The largest absolute Gasteiger partial charge is 0.465 e. The Kier molecular flexibility index (Phi) is 7.41. The standard InChI is InChI=1S/C25H18ClN3O4S/c1-32-25(31)20-4-2-3-5-21(20)29-22(30)16-6-10-18(11-7-16)33-23-24(28-15-14-27-23)34-19-12-8-17(26)9-13-19/h2-15H,1H3,(H,29,30). The average Bonchev–Trinajstić information content (AvgIpc) is 2.87. The van der Waals surface area contributed by atoms with Crippen molar-refractivity contribution in [2.75, 3.05) is 12.4 Å². The van der Waals surface area contributed by atoms with E-state index in [4.69, 9.17) is 21.1 Å².